The number of aryl methyl sites for hydroxylation is 1. The first kappa shape index (κ1) is 20.4. The van der Waals surface area contributed by atoms with E-state index in [1.54, 1.807) is 13.0 Å². The van der Waals surface area contributed by atoms with Gasteiger partial charge in [0.2, 0.25) is 0 Å². The van der Waals surface area contributed by atoms with Crippen molar-refractivity contribution in [1.29, 1.82) is 0 Å². The van der Waals surface area contributed by atoms with Crippen LogP contribution in [0.2, 0.25) is 0 Å². The summed E-state index contributed by atoms with van der Waals surface area (Å²) in [5.41, 5.74) is 2.92. The molecule has 152 valence electrons. The van der Waals surface area contributed by atoms with E-state index in [1.165, 1.54) is 0 Å². The molecule has 3 aromatic carbocycles. The lowest BCUT2D eigenvalue weighted by Gasteiger charge is -2.32. The minimum Gasteiger partial charge on any atom is -0.465 e. The van der Waals surface area contributed by atoms with E-state index in [9.17, 15) is 9.59 Å². The highest BCUT2D eigenvalue weighted by Crippen LogP contribution is 2.48. The summed E-state index contributed by atoms with van der Waals surface area (Å²) in [7, 11) is 0. The van der Waals surface area contributed by atoms with Gasteiger partial charge in [-0.05, 0) is 49.7 Å². The molecule has 4 rings (SSSR count). The van der Waals surface area contributed by atoms with E-state index < -0.39 is 17.8 Å². The molecule has 1 unspecified atom stereocenters. The van der Waals surface area contributed by atoms with Gasteiger partial charge in [0, 0.05) is 27.1 Å². The Morgan fingerprint density at radius 3 is 2.17 bits per heavy atom. The van der Waals surface area contributed by atoms with Gasteiger partial charge in [0.1, 0.15) is 17.4 Å². The van der Waals surface area contributed by atoms with Crippen LogP contribution in [0.3, 0.4) is 0 Å². The van der Waals surface area contributed by atoms with Crippen molar-refractivity contribution in [3.63, 3.8) is 0 Å². The van der Waals surface area contributed by atoms with Crippen molar-refractivity contribution < 1.29 is 19.1 Å². The van der Waals surface area contributed by atoms with Gasteiger partial charge in [0.15, 0.2) is 5.78 Å². The monoisotopic (exact) mass is 464 g/mol. The molecule has 0 N–H and O–H groups in total. The average molecular weight is 465 g/mol. The number of rotatable bonds is 5. The maximum absolute atomic E-state index is 13.8. The normalized spacial score (nSPS) is 13.6. The Morgan fingerprint density at radius 1 is 1.00 bits per heavy atom. The van der Waals surface area contributed by atoms with E-state index in [0.29, 0.717) is 17.1 Å². The van der Waals surface area contributed by atoms with Crippen LogP contribution in [0.1, 0.15) is 39.9 Å². The van der Waals surface area contributed by atoms with Gasteiger partial charge in [0.25, 0.3) is 0 Å². The number of Topliss-reactive ketones (excluding diaryl/α,β-unsaturated/α-hetero) is 1. The van der Waals surface area contributed by atoms with E-state index >= 15 is 0 Å². The van der Waals surface area contributed by atoms with Crippen LogP contribution in [-0.2, 0) is 9.53 Å². The van der Waals surface area contributed by atoms with Crippen LogP contribution in [0, 0.1) is 12.8 Å². The molecule has 1 heterocycles. The molecule has 0 aliphatic carbocycles. The van der Waals surface area contributed by atoms with Crippen LogP contribution in [0.25, 0.3) is 0 Å². The van der Waals surface area contributed by atoms with Crippen LogP contribution in [0.15, 0.2) is 71.2 Å². The molecular formula is C25H21BrO4. The van der Waals surface area contributed by atoms with Crippen molar-refractivity contribution >= 4 is 27.7 Å². The third-order valence-electron chi connectivity index (χ3n) is 5.34. The molecule has 0 aromatic heterocycles. The van der Waals surface area contributed by atoms with Crippen molar-refractivity contribution in [2.45, 2.75) is 19.8 Å². The van der Waals surface area contributed by atoms with Crippen molar-refractivity contribution in [3.05, 3.63) is 93.5 Å². The zero-order chi connectivity index (χ0) is 21.3. The number of ketones is 1. The maximum Gasteiger partial charge on any atom is 0.317 e. The second-order valence-corrected chi connectivity index (χ2v) is 8.12. The Morgan fingerprint density at radius 2 is 1.60 bits per heavy atom. The van der Waals surface area contributed by atoms with Gasteiger partial charge < -0.3 is 9.47 Å². The third kappa shape index (κ3) is 3.65. The smallest absolute Gasteiger partial charge is 0.317 e. The van der Waals surface area contributed by atoms with Gasteiger partial charge in [-0.2, -0.15) is 0 Å². The van der Waals surface area contributed by atoms with Gasteiger partial charge in [-0.15, -0.1) is 0 Å². The molecule has 1 aliphatic rings. The van der Waals surface area contributed by atoms with E-state index in [4.69, 9.17) is 9.47 Å². The number of halogens is 1. The van der Waals surface area contributed by atoms with Crippen molar-refractivity contribution in [2.75, 3.05) is 6.61 Å². The summed E-state index contributed by atoms with van der Waals surface area (Å²) < 4.78 is 12.3. The van der Waals surface area contributed by atoms with Crippen LogP contribution >= 0.6 is 15.9 Å². The zero-order valence-corrected chi connectivity index (χ0v) is 18.3. The fraction of sp³-hybridized carbons (Fsp3) is 0.200. The molecule has 1 aliphatic heterocycles. The predicted octanol–water partition coefficient (Wildman–Crippen LogP) is 6.06. The Bertz CT molecular complexity index is 1080. The van der Waals surface area contributed by atoms with E-state index in [2.05, 4.69) is 15.9 Å². The molecule has 0 saturated heterocycles. The first-order chi connectivity index (χ1) is 14.5. The van der Waals surface area contributed by atoms with Crippen LogP contribution in [0.5, 0.6) is 11.5 Å². The summed E-state index contributed by atoms with van der Waals surface area (Å²) in [6.45, 7) is 3.82. The summed E-state index contributed by atoms with van der Waals surface area (Å²) in [5.74, 6) is -1.00. The van der Waals surface area contributed by atoms with E-state index in [0.717, 1.165) is 21.2 Å². The molecule has 1 atom stereocenters. The predicted molar refractivity (Wildman–Crippen MR) is 118 cm³/mol. The highest BCUT2D eigenvalue weighted by molar-refractivity contribution is 9.10. The van der Waals surface area contributed by atoms with Gasteiger partial charge in [0.05, 0.1) is 6.61 Å². The third-order valence-corrected chi connectivity index (χ3v) is 5.83. The minimum atomic E-state index is -1.02. The SMILES string of the molecule is CCOC(=O)C(C(=O)c1ccc(Br)cc1C)C1c2ccccc2Oc2ccccc21. The summed E-state index contributed by atoms with van der Waals surface area (Å²) in [6.07, 6.45) is 0. The maximum atomic E-state index is 13.8. The Hall–Kier alpha value is -2.92. The largest absolute Gasteiger partial charge is 0.465 e. The lowest BCUT2D eigenvalue weighted by molar-refractivity contribution is -0.146. The minimum absolute atomic E-state index is 0.203. The van der Waals surface area contributed by atoms with E-state index in [-0.39, 0.29) is 12.4 Å². The number of para-hydroxylation sites is 2. The number of carbonyl (C=O) groups excluding carboxylic acids is 2. The first-order valence-electron chi connectivity index (χ1n) is 9.84. The number of ether oxygens (including phenoxy) is 2. The van der Waals surface area contributed by atoms with Crippen LogP contribution in [0.4, 0.5) is 0 Å². The Labute approximate surface area is 184 Å². The standard InChI is InChI=1S/C25H21BrO4/c1-3-29-25(28)23(24(27)17-13-12-16(26)14-15(17)2)22-18-8-4-6-10-20(18)30-21-11-7-5-9-19(21)22/h4-14,22-23H,3H2,1-2H3. The molecule has 3 aromatic rings. The number of esters is 1. The topological polar surface area (TPSA) is 52.6 Å². The molecule has 0 spiro atoms. The van der Waals surface area contributed by atoms with Crippen LogP contribution in [-0.4, -0.2) is 18.4 Å². The molecule has 0 bridgehead atoms. The average Bonchev–Trinajstić information content (AvgIpc) is 2.73. The first-order valence-corrected chi connectivity index (χ1v) is 10.6. The van der Waals surface area contributed by atoms with Gasteiger partial charge in [-0.25, -0.2) is 0 Å². The summed E-state index contributed by atoms with van der Waals surface area (Å²) in [6, 6.07) is 20.5. The quantitative estimate of drug-likeness (QED) is 0.261. The van der Waals surface area contributed by atoms with Crippen molar-refractivity contribution in [2.24, 2.45) is 5.92 Å². The molecule has 0 radical (unpaired) electrons. The highest BCUT2D eigenvalue weighted by Gasteiger charge is 2.43. The number of fused-ring (bicyclic) bond motifs is 2. The van der Waals surface area contributed by atoms with Gasteiger partial charge in [-0.3, -0.25) is 9.59 Å². The molecular weight excluding hydrogens is 444 g/mol. The van der Waals surface area contributed by atoms with Gasteiger partial charge in [-0.1, -0.05) is 52.3 Å². The molecule has 30 heavy (non-hydrogen) atoms. The second kappa shape index (κ2) is 8.44. The fourth-order valence-corrected chi connectivity index (χ4v) is 4.48. The molecule has 4 nitrogen and oxygen atoms in total. The Balaban J connectivity index is 1.90. The molecule has 5 heteroatoms. The van der Waals surface area contributed by atoms with E-state index in [1.807, 2.05) is 67.6 Å². The molecule has 0 fully saturated rings. The number of hydrogen-bond acceptors (Lipinski definition) is 4. The zero-order valence-electron chi connectivity index (χ0n) is 16.7. The fourth-order valence-electron chi connectivity index (χ4n) is 4.00. The van der Waals surface area contributed by atoms with Crippen molar-refractivity contribution in [3.8, 4) is 11.5 Å². The number of hydrogen-bond donors (Lipinski definition) is 0. The summed E-state index contributed by atoms with van der Waals surface area (Å²) in [5, 5.41) is 0. The summed E-state index contributed by atoms with van der Waals surface area (Å²) in [4.78, 5) is 26.9. The molecule has 0 saturated carbocycles. The highest BCUT2D eigenvalue weighted by atomic mass is 79.9. The van der Waals surface area contributed by atoms with Crippen LogP contribution < -0.4 is 4.74 Å². The Kier molecular flexibility index (Phi) is 5.73. The number of benzene rings is 3. The van der Waals surface area contributed by atoms with Gasteiger partial charge >= 0.3 is 5.97 Å². The molecule has 0 amide bonds. The lowest BCUT2D eigenvalue weighted by Crippen LogP contribution is -2.34. The second-order valence-electron chi connectivity index (χ2n) is 7.21. The summed E-state index contributed by atoms with van der Waals surface area (Å²) >= 11 is 3.44. The van der Waals surface area contributed by atoms with Crippen molar-refractivity contribution in [1.82, 2.24) is 0 Å². The lowest BCUT2D eigenvalue weighted by atomic mass is 9.75. The number of carbonyl (C=O) groups is 2.